The molecule has 1 aliphatic rings. The van der Waals surface area contributed by atoms with Crippen LogP contribution >= 0.6 is 0 Å². The fourth-order valence-electron chi connectivity index (χ4n) is 2.82. The van der Waals surface area contributed by atoms with Crippen molar-refractivity contribution >= 4 is 29.0 Å². The van der Waals surface area contributed by atoms with Crippen LogP contribution in [0.1, 0.15) is 36.9 Å². The second-order valence-corrected chi connectivity index (χ2v) is 5.64. The van der Waals surface area contributed by atoms with E-state index in [1.54, 1.807) is 24.5 Å². The maximum atomic E-state index is 12.2. The third-order valence-electron chi connectivity index (χ3n) is 4.03. The molecule has 7 nitrogen and oxygen atoms in total. The number of ether oxygens (including phenoxy) is 1. The fraction of sp³-hybridized carbons (Fsp3) is 0.353. The molecule has 1 N–H and O–H groups in total. The molecule has 2 heterocycles. The number of carbonyl (C=O) groups is 2. The molecule has 0 aliphatic carbocycles. The fourth-order valence-corrected chi connectivity index (χ4v) is 2.82. The maximum absolute atomic E-state index is 12.2. The lowest BCUT2D eigenvalue weighted by atomic mass is 10.0. The van der Waals surface area contributed by atoms with Gasteiger partial charge in [-0.2, -0.15) is 0 Å². The van der Waals surface area contributed by atoms with Crippen molar-refractivity contribution in [3.05, 3.63) is 40.1 Å². The topological polar surface area (TPSA) is 90.5 Å². The van der Waals surface area contributed by atoms with Gasteiger partial charge in [0, 0.05) is 6.42 Å². The van der Waals surface area contributed by atoms with Gasteiger partial charge in [-0.15, -0.1) is 0 Å². The minimum absolute atomic E-state index is 0.198. The molecule has 0 saturated carbocycles. The highest BCUT2D eigenvalue weighted by atomic mass is 16.5. The van der Waals surface area contributed by atoms with Crippen LogP contribution in [0.4, 0.5) is 0 Å². The van der Waals surface area contributed by atoms with E-state index in [1.165, 1.54) is 4.57 Å². The molecule has 1 atom stereocenters. The van der Waals surface area contributed by atoms with Crippen molar-refractivity contribution in [2.24, 2.45) is 0 Å². The normalized spacial score (nSPS) is 18.3. The molecule has 2 amide bonds. The summed E-state index contributed by atoms with van der Waals surface area (Å²) in [5.74, 6) is -1.41. The summed E-state index contributed by atoms with van der Waals surface area (Å²) in [7, 11) is 0. The lowest BCUT2D eigenvalue weighted by molar-refractivity contribution is -0.135. The number of hydrogen-bond donors (Lipinski definition) is 1. The molecule has 1 fully saturated rings. The standard InChI is InChI=1S/C17H18N2O5/c1-3-23-7-6-11-9-14-13(8-10(11)2)19(17(22)24-14)12-4-5-15(20)18-16(12)21/h6-9,12H,3-5H2,1-2H3,(H,18,20,21)/b7-6+. The molecule has 1 unspecified atom stereocenters. The van der Waals surface area contributed by atoms with Gasteiger partial charge in [0.15, 0.2) is 5.58 Å². The molecule has 126 valence electrons. The number of piperidine rings is 1. The van der Waals surface area contributed by atoms with Gasteiger partial charge >= 0.3 is 5.76 Å². The van der Waals surface area contributed by atoms with Crippen LogP contribution in [0.15, 0.2) is 27.6 Å². The number of fused-ring (bicyclic) bond motifs is 1. The Morgan fingerprint density at radius 1 is 1.38 bits per heavy atom. The zero-order valence-corrected chi connectivity index (χ0v) is 13.5. The van der Waals surface area contributed by atoms with Gasteiger partial charge in [0.25, 0.3) is 0 Å². The third kappa shape index (κ3) is 2.84. The quantitative estimate of drug-likeness (QED) is 0.683. The first kappa shape index (κ1) is 16.0. The average Bonchev–Trinajstić information content (AvgIpc) is 2.83. The Morgan fingerprint density at radius 2 is 2.17 bits per heavy atom. The Hall–Kier alpha value is -2.83. The van der Waals surface area contributed by atoms with E-state index in [9.17, 15) is 14.4 Å². The highest BCUT2D eigenvalue weighted by Crippen LogP contribution is 2.26. The van der Waals surface area contributed by atoms with Gasteiger partial charge in [-0.25, -0.2) is 4.79 Å². The number of amides is 2. The molecule has 0 bridgehead atoms. The SMILES string of the molecule is CCO/C=C/c1cc2oc(=O)n(C3CCC(=O)NC3=O)c2cc1C. The van der Waals surface area contributed by atoms with Gasteiger partial charge < -0.3 is 9.15 Å². The van der Waals surface area contributed by atoms with Crippen LogP contribution in [0, 0.1) is 6.92 Å². The number of aryl methyl sites for hydroxylation is 1. The first-order chi connectivity index (χ1) is 11.5. The van der Waals surface area contributed by atoms with Crippen molar-refractivity contribution in [1.29, 1.82) is 0 Å². The number of benzene rings is 1. The molecule has 1 aromatic heterocycles. The van der Waals surface area contributed by atoms with Gasteiger partial charge in [-0.1, -0.05) is 0 Å². The van der Waals surface area contributed by atoms with E-state index >= 15 is 0 Å². The number of hydrogen-bond acceptors (Lipinski definition) is 5. The van der Waals surface area contributed by atoms with Crippen molar-refractivity contribution in [3.8, 4) is 0 Å². The number of nitrogens with one attached hydrogen (secondary N) is 1. The van der Waals surface area contributed by atoms with Crippen molar-refractivity contribution in [2.45, 2.75) is 32.7 Å². The second kappa shape index (κ2) is 6.35. The van der Waals surface area contributed by atoms with Gasteiger partial charge in [0.2, 0.25) is 11.8 Å². The number of carbonyl (C=O) groups excluding carboxylic acids is 2. The van der Waals surface area contributed by atoms with Crippen LogP contribution in [-0.4, -0.2) is 23.0 Å². The van der Waals surface area contributed by atoms with Crippen LogP contribution in [0.5, 0.6) is 0 Å². The van der Waals surface area contributed by atoms with Crippen molar-refractivity contribution in [3.63, 3.8) is 0 Å². The van der Waals surface area contributed by atoms with E-state index in [-0.39, 0.29) is 18.7 Å². The molecule has 2 aromatic rings. The Labute approximate surface area is 137 Å². The molecule has 0 radical (unpaired) electrons. The van der Waals surface area contributed by atoms with E-state index in [4.69, 9.17) is 9.15 Å². The predicted octanol–water partition coefficient (Wildman–Crippen LogP) is 1.89. The van der Waals surface area contributed by atoms with E-state index in [0.717, 1.165) is 11.1 Å². The molecule has 1 aromatic carbocycles. The molecular weight excluding hydrogens is 312 g/mol. The monoisotopic (exact) mass is 330 g/mol. The van der Waals surface area contributed by atoms with Crippen LogP contribution in [-0.2, 0) is 14.3 Å². The van der Waals surface area contributed by atoms with Gasteiger partial charge in [-0.3, -0.25) is 19.5 Å². The third-order valence-corrected chi connectivity index (χ3v) is 4.03. The van der Waals surface area contributed by atoms with E-state index in [1.807, 2.05) is 13.8 Å². The Balaban J connectivity index is 2.06. The lowest BCUT2D eigenvalue weighted by Gasteiger charge is -2.21. The summed E-state index contributed by atoms with van der Waals surface area (Å²) in [6, 6.07) is 2.81. The Bertz CT molecular complexity index is 890. The average molecular weight is 330 g/mol. The Kier molecular flexibility index (Phi) is 4.24. The molecule has 0 spiro atoms. The molecular formula is C17H18N2O5. The summed E-state index contributed by atoms with van der Waals surface area (Å²) in [6.45, 7) is 4.36. The van der Waals surface area contributed by atoms with Crippen molar-refractivity contribution in [1.82, 2.24) is 9.88 Å². The number of oxazole rings is 1. The number of nitrogens with zero attached hydrogens (tertiary/aromatic N) is 1. The van der Waals surface area contributed by atoms with Crippen LogP contribution in [0.2, 0.25) is 0 Å². The zero-order valence-electron chi connectivity index (χ0n) is 13.5. The van der Waals surface area contributed by atoms with Crippen LogP contribution in [0.25, 0.3) is 17.2 Å². The summed E-state index contributed by atoms with van der Waals surface area (Å²) in [6.07, 6.45) is 3.86. The minimum Gasteiger partial charge on any atom is -0.501 e. The van der Waals surface area contributed by atoms with Crippen molar-refractivity contribution in [2.75, 3.05) is 6.61 Å². The molecule has 7 heteroatoms. The molecule has 1 saturated heterocycles. The second-order valence-electron chi connectivity index (χ2n) is 5.64. The highest BCUT2D eigenvalue weighted by molar-refractivity contribution is 6.00. The number of rotatable bonds is 4. The van der Waals surface area contributed by atoms with Gasteiger partial charge in [0.05, 0.1) is 18.4 Å². The number of imide groups is 1. The minimum atomic E-state index is -0.735. The summed E-state index contributed by atoms with van der Waals surface area (Å²) in [5.41, 5.74) is 2.72. The smallest absolute Gasteiger partial charge is 0.420 e. The first-order valence-corrected chi connectivity index (χ1v) is 7.78. The highest BCUT2D eigenvalue weighted by Gasteiger charge is 2.31. The largest absolute Gasteiger partial charge is 0.501 e. The van der Waals surface area contributed by atoms with E-state index in [0.29, 0.717) is 17.7 Å². The predicted molar refractivity (Wildman–Crippen MR) is 87.3 cm³/mol. The van der Waals surface area contributed by atoms with Gasteiger partial charge in [0.1, 0.15) is 6.04 Å². The molecule has 24 heavy (non-hydrogen) atoms. The van der Waals surface area contributed by atoms with Gasteiger partial charge in [-0.05, 0) is 49.6 Å². The zero-order chi connectivity index (χ0) is 17.3. The van der Waals surface area contributed by atoms with Crippen LogP contribution < -0.4 is 11.1 Å². The molecule has 1 aliphatic heterocycles. The summed E-state index contributed by atoms with van der Waals surface area (Å²) in [5, 5.41) is 2.26. The summed E-state index contributed by atoms with van der Waals surface area (Å²) in [4.78, 5) is 35.6. The molecule has 3 rings (SSSR count). The van der Waals surface area contributed by atoms with E-state index < -0.39 is 17.7 Å². The summed E-state index contributed by atoms with van der Waals surface area (Å²) >= 11 is 0. The van der Waals surface area contributed by atoms with E-state index in [2.05, 4.69) is 5.32 Å². The van der Waals surface area contributed by atoms with Crippen molar-refractivity contribution < 1.29 is 18.7 Å². The van der Waals surface area contributed by atoms with Crippen LogP contribution in [0.3, 0.4) is 0 Å². The number of aromatic nitrogens is 1. The first-order valence-electron chi connectivity index (χ1n) is 7.78. The lowest BCUT2D eigenvalue weighted by Crippen LogP contribution is -2.43. The Morgan fingerprint density at radius 3 is 2.88 bits per heavy atom. The maximum Gasteiger partial charge on any atom is 0.420 e. The summed E-state index contributed by atoms with van der Waals surface area (Å²) < 4.78 is 11.8.